The SMILES string of the molecule is CCNC(=NCCS(=O)(=O)C(C)(C)C)NC(C)CCS(C)(=O)=O.I. The average molecular weight is 497 g/mol. The predicted molar refractivity (Wildman–Crippen MR) is 112 cm³/mol. The molecular weight excluding hydrogens is 465 g/mol. The summed E-state index contributed by atoms with van der Waals surface area (Å²) in [5.41, 5.74) is 0. The largest absolute Gasteiger partial charge is 0.357 e. The summed E-state index contributed by atoms with van der Waals surface area (Å²) in [7, 11) is -6.21. The first kappa shape index (κ1) is 26.1. The number of sulfone groups is 2. The van der Waals surface area contributed by atoms with E-state index in [1.165, 1.54) is 6.26 Å². The molecule has 0 aliphatic carbocycles. The summed E-state index contributed by atoms with van der Waals surface area (Å²) in [6.07, 6.45) is 1.67. The minimum absolute atomic E-state index is 0. The molecule has 0 aromatic heterocycles. The van der Waals surface area contributed by atoms with Crippen LogP contribution in [0.2, 0.25) is 0 Å². The van der Waals surface area contributed by atoms with Gasteiger partial charge in [-0.05, 0) is 41.0 Å². The molecule has 24 heavy (non-hydrogen) atoms. The fourth-order valence-corrected chi connectivity index (χ4v) is 3.33. The van der Waals surface area contributed by atoms with Crippen LogP contribution in [-0.4, -0.2) is 64.4 Å². The number of hydrogen-bond donors (Lipinski definition) is 2. The molecule has 0 amide bonds. The molecule has 0 aromatic rings. The molecule has 0 radical (unpaired) electrons. The summed E-state index contributed by atoms with van der Waals surface area (Å²) >= 11 is 0. The van der Waals surface area contributed by atoms with Crippen LogP contribution >= 0.6 is 24.0 Å². The Kier molecular flexibility index (Phi) is 11.8. The first-order chi connectivity index (χ1) is 10.3. The lowest BCUT2D eigenvalue weighted by Crippen LogP contribution is -2.43. The third-order valence-corrected chi connectivity index (χ3v) is 6.78. The van der Waals surface area contributed by atoms with Crippen molar-refractivity contribution >= 4 is 49.6 Å². The van der Waals surface area contributed by atoms with Gasteiger partial charge in [0, 0.05) is 18.8 Å². The van der Waals surface area contributed by atoms with E-state index in [0.717, 1.165) is 0 Å². The molecule has 0 saturated heterocycles. The standard InChI is InChI=1S/C14H31N3O4S2.HI/c1-7-15-13(17-12(2)8-10-22(6,18)19)16-9-11-23(20,21)14(3,4)5;/h12H,7-11H2,1-6H3,(H2,15,16,17);1H. The van der Waals surface area contributed by atoms with Crippen molar-refractivity contribution in [2.75, 3.05) is 30.9 Å². The van der Waals surface area contributed by atoms with Crippen molar-refractivity contribution in [2.24, 2.45) is 4.99 Å². The zero-order valence-corrected chi connectivity index (χ0v) is 19.4. The molecule has 0 bridgehead atoms. The summed E-state index contributed by atoms with van der Waals surface area (Å²) in [6.45, 7) is 9.58. The highest BCUT2D eigenvalue weighted by Crippen LogP contribution is 2.15. The van der Waals surface area contributed by atoms with Crippen molar-refractivity contribution < 1.29 is 16.8 Å². The average Bonchev–Trinajstić information content (AvgIpc) is 2.34. The molecule has 10 heteroatoms. The second-order valence-corrected chi connectivity index (χ2v) is 11.8. The highest BCUT2D eigenvalue weighted by atomic mass is 127. The van der Waals surface area contributed by atoms with E-state index >= 15 is 0 Å². The van der Waals surface area contributed by atoms with Gasteiger partial charge in [0.1, 0.15) is 9.84 Å². The quantitative estimate of drug-likeness (QED) is 0.297. The van der Waals surface area contributed by atoms with Gasteiger partial charge >= 0.3 is 0 Å². The second-order valence-electron chi connectivity index (χ2n) is 6.66. The van der Waals surface area contributed by atoms with Gasteiger partial charge in [0.15, 0.2) is 15.8 Å². The van der Waals surface area contributed by atoms with E-state index in [-0.39, 0.29) is 48.1 Å². The van der Waals surface area contributed by atoms with Crippen LogP contribution in [0.3, 0.4) is 0 Å². The minimum Gasteiger partial charge on any atom is -0.357 e. The molecule has 7 nitrogen and oxygen atoms in total. The number of rotatable bonds is 8. The smallest absolute Gasteiger partial charge is 0.191 e. The van der Waals surface area contributed by atoms with Crippen LogP contribution in [0.5, 0.6) is 0 Å². The Bertz CT molecular complexity index is 596. The number of nitrogens with zero attached hydrogens (tertiary/aromatic N) is 1. The summed E-state index contributed by atoms with van der Waals surface area (Å²) in [4.78, 5) is 4.26. The molecular formula is C14H32IN3O4S2. The lowest BCUT2D eigenvalue weighted by Gasteiger charge is -2.19. The molecule has 0 aromatic carbocycles. The molecule has 1 atom stereocenters. The van der Waals surface area contributed by atoms with Gasteiger partial charge in [-0.1, -0.05) is 0 Å². The molecule has 0 saturated carbocycles. The van der Waals surface area contributed by atoms with Gasteiger partial charge in [0.05, 0.1) is 22.8 Å². The number of aliphatic imine (C=N–C) groups is 1. The Balaban J connectivity index is 0. The summed E-state index contributed by atoms with van der Waals surface area (Å²) in [5.74, 6) is 0.571. The number of nitrogens with one attached hydrogen (secondary N) is 2. The highest BCUT2D eigenvalue weighted by Gasteiger charge is 2.28. The number of halogens is 1. The van der Waals surface area contributed by atoms with Crippen molar-refractivity contribution in [2.45, 2.75) is 51.8 Å². The van der Waals surface area contributed by atoms with Crippen molar-refractivity contribution in [3.05, 3.63) is 0 Å². The van der Waals surface area contributed by atoms with E-state index < -0.39 is 24.4 Å². The normalized spacial score (nSPS) is 14.7. The van der Waals surface area contributed by atoms with Gasteiger partial charge < -0.3 is 10.6 Å². The second kappa shape index (κ2) is 10.8. The van der Waals surface area contributed by atoms with Gasteiger partial charge in [-0.25, -0.2) is 16.8 Å². The van der Waals surface area contributed by atoms with Gasteiger partial charge in [-0.2, -0.15) is 0 Å². The molecule has 0 spiro atoms. The Hall–Kier alpha value is -0.100. The summed E-state index contributed by atoms with van der Waals surface area (Å²) in [5, 5.41) is 6.13. The van der Waals surface area contributed by atoms with E-state index in [0.29, 0.717) is 18.9 Å². The van der Waals surface area contributed by atoms with Crippen LogP contribution in [0.15, 0.2) is 4.99 Å². The highest BCUT2D eigenvalue weighted by molar-refractivity contribution is 14.0. The number of hydrogen-bond acceptors (Lipinski definition) is 5. The lowest BCUT2D eigenvalue weighted by molar-refractivity contribution is 0.559. The van der Waals surface area contributed by atoms with Gasteiger partial charge in [-0.3, -0.25) is 4.99 Å². The number of guanidine groups is 1. The first-order valence-electron chi connectivity index (χ1n) is 7.73. The predicted octanol–water partition coefficient (Wildman–Crippen LogP) is 1.20. The Morgan fingerprint density at radius 1 is 1.12 bits per heavy atom. The third kappa shape index (κ3) is 11.5. The molecule has 0 fully saturated rings. The molecule has 2 N–H and O–H groups in total. The summed E-state index contributed by atoms with van der Waals surface area (Å²) in [6, 6.07) is -0.0817. The van der Waals surface area contributed by atoms with Gasteiger partial charge in [-0.15, -0.1) is 24.0 Å². The zero-order valence-electron chi connectivity index (χ0n) is 15.4. The van der Waals surface area contributed by atoms with Crippen molar-refractivity contribution in [3.8, 4) is 0 Å². The van der Waals surface area contributed by atoms with Gasteiger partial charge in [0.25, 0.3) is 0 Å². The zero-order chi connectivity index (χ0) is 18.3. The van der Waals surface area contributed by atoms with Crippen LogP contribution < -0.4 is 10.6 Å². The van der Waals surface area contributed by atoms with E-state index in [2.05, 4.69) is 15.6 Å². The van der Waals surface area contributed by atoms with E-state index in [4.69, 9.17) is 0 Å². The summed E-state index contributed by atoms with van der Waals surface area (Å²) < 4.78 is 45.7. The molecule has 146 valence electrons. The maximum Gasteiger partial charge on any atom is 0.191 e. The molecule has 0 rings (SSSR count). The monoisotopic (exact) mass is 497 g/mol. The Labute approximate surface area is 164 Å². The molecule has 1 unspecified atom stereocenters. The topological polar surface area (TPSA) is 105 Å². The minimum atomic E-state index is -3.21. The van der Waals surface area contributed by atoms with E-state index in [1.807, 2.05) is 13.8 Å². The molecule has 0 heterocycles. The molecule has 0 aliphatic heterocycles. The van der Waals surface area contributed by atoms with Crippen LogP contribution in [-0.2, 0) is 19.7 Å². The van der Waals surface area contributed by atoms with Crippen LogP contribution in [0.4, 0.5) is 0 Å². The first-order valence-corrected chi connectivity index (χ1v) is 11.4. The fraction of sp³-hybridized carbons (Fsp3) is 0.929. The lowest BCUT2D eigenvalue weighted by atomic mass is 10.3. The van der Waals surface area contributed by atoms with Crippen LogP contribution in [0.25, 0.3) is 0 Å². The van der Waals surface area contributed by atoms with E-state index in [1.54, 1.807) is 20.8 Å². The maximum atomic E-state index is 12.0. The van der Waals surface area contributed by atoms with Gasteiger partial charge in [0.2, 0.25) is 0 Å². The van der Waals surface area contributed by atoms with Crippen molar-refractivity contribution in [1.82, 2.24) is 10.6 Å². The van der Waals surface area contributed by atoms with Crippen molar-refractivity contribution in [3.63, 3.8) is 0 Å². The fourth-order valence-electron chi connectivity index (χ4n) is 1.60. The van der Waals surface area contributed by atoms with Crippen molar-refractivity contribution in [1.29, 1.82) is 0 Å². The maximum absolute atomic E-state index is 12.0. The Morgan fingerprint density at radius 3 is 2.08 bits per heavy atom. The molecule has 0 aliphatic rings. The van der Waals surface area contributed by atoms with E-state index in [9.17, 15) is 16.8 Å². The Morgan fingerprint density at radius 2 is 1.67 bits per heavy atom. The van der Waals surface area contributed by atoms with Crippen LogP contribution in [0.1, 0.15) is 41.0 Å². The van der Waals surface area contributed by atoms with Crippen LogP contribution in [0, 0.1) is 0 Å². The third-order valence-electron chi connectivity index (χ3n) is 3.21.